The van der Waals surface area contributed by atoms with Crippen molar-refractivity contribution < 1.29 is 9.21 Å². The largest absolute Gasteiger partial charge is 0.469 e. The van der Waals surface area contributed by atoms with E-state index >= 15 is 0 Å². The maximum Gasteiger partial charge on any atom is 0.223 e. The van der Waals surface area contributed by atoms with Crippen LogP contribution in [0.25, 0.3) is 0 Å². The summed E-state index contributed by atoms with van der Waals surface area (Å²) in [5.74, 6) is 1.90. The number of carbonyl (C=O) groups is 1. The number of rotatable bonds is 7. The lowest BCUT2D eigenvalue weighted by Crippen LogP contribution is -2.48. The summed E-state index contributed by atoms with van der Waals surface area (Å²) in [7, 11) is 0. The maximum atomic E-state index is 12.4. The minimum Gasteiger partial charge on any atom is -0.469 e. The van der Waals surface area contributed by atoms with Crippen LogP contribution in [-0.2, 0) is 17.8 Å². The van der Waals surface area contributed by atoms with E-state index in [1.807, 2.05) is 12.1 Å². The minimum absolute atomic E-state index is 0.273. The third-order valence-corrected chi connectivity index (χ3v) is 6.36. The molecule has 4 rings (SSSR count). The first-order chi connectivity index (χ1) is 14.3. The van der Waals surface area contributed by atoms with Gasteiger partial charge in [0.05, 0.1) is 6.26 Å². The van der Waals surface area contributed by atoms with Gasteiger partial charge in [0.15, 0.2) is 0 Å². The number of aryl methyl sites for hydroxylation is 1. The van der Waals surface area contributed by atoms with Gasteiger partial charge in [-0.3, -0.25) is 9.69 Å². The molecule has 156 valence electrons. The van der Waals surface area contributed by atoms with Crippen LogP contribution < -0.4 is 0 Å². The van der Waals surface area contributed by atoms with Gasteiger partial charge in [0.25, 0.3) is 0 Å². The van der Waals surface area contributed by atoms with Crippen LogP contribution >= 0.6 is 0 Å². The van der Waals surface area contributed by atoms with Gasteiger partial charge in [0.1, 0.15) is 5.76 Å². The molecule has 2 aliphatic heterocycles. The molecule has 1 amide bonds. The molecule has 0 N–H and O–H groups in total. The molecule has 1 aromatic carbocycles. The van der Waals surface area contributed by atoms with Crippen molar-refractivity contribution >= 4 is 5.91 Å². The highest BCUT2D eigenvalue weighted by atomic mass is 16.3. The monoisotopic (exact) mass is 395 g/mol. The van der Waals surface area contributed by atoms with E-state index in [1.165, 1.54) is 12.1 Å². The predicted octanol–water partition coefficient (Wildman–Crippen LogP) is 3.27. The Morgan fingerprint density at radius 3 is 2.31 bits per heavy atom. The molecule has 5 heteroatoms. The highest BCUT2D eigenvalue weighted by Crippen LogP contribution is 2.20. The highest BCUT2D eigenvalue weighted by molar-refractivity contribution is 5.76. The Labute approximate surface area is 174 Å². The molecule has 5 nitrogen and oxygen atoms in total. The van der Waals surface area contributed by atoms with E-state index in [1.54, 1.807) is 6.26 Å². The zero-order chi connectivity index (χ0) is 19.9. The van der Waals surface area contributed by atoms with E-state index in [2.05, 4.69) is 45.0 Å². The summed E-state index contributed by atoms with van der Waals surface area (Å²) < 4.78 is 5.33. The lowest BCUT2D eigenvalue weighted by molar-refractivity contribution is -0.132. The molecule has 0 spiro atoms. The number of hydrogen-bond donors (Lipinski definition) is 0. The summed E-state index contributed by atoms with van der Waals surface area (Å²) in [6.45, 7) is 8.70. The predicted molar refractivity (Wildman–Crippen MR) is 114 cm³/mol. The Bertz CT molecular complexity index is 731. The first-order valence-corrected chi connectivity index (χ1v) is 11.0. The van der Waals surface area contributed by atoms with E-state index in [-0.39, 0.29) is 5.91 Å². The average Bonchev–Trinajstić information content (AvgIpc) is 3.28. The van der Waals surface area contributed by atoms with Crippen molar-refractivity contribution in [3.05, 3.63) is 60.1 Å². The van der Waals surface area contributed by atoms with Crippen molar-refractivity contribution in [2.24, 2.45) is 5.92 Å². The first kappa shape index (κ1) is 20.2. The molecule has 0 atom stereocenters. The summed E-state index contributed by atoms with van der Waals surface area (Å²) in [4.78, 5) is 19.7. The number of piperidine rings is 1. The molecule has 1 aromatic heterocycles. The van der Waals surface area contributed by atoms with Crippen LogP contribution in [0.5, 0.6) is 0 Å². The van der Waals surface area contributed by atoms with Crippen LogP contribution in [0.15, 0.2) is 53.1 Å². The normalized spacial score (nSPS) is 19.5. The van der Waals surface area contributed by atoms with Crippen molar-refractivity contribution in [1.82, 2.24) is 14.7 Å². The van der Waals surface area contributed by atoms with Crippen molar-refractivity contribution in [1.29, 1.82) is 0 Å². The number of nitrogens with zero attached hydrogens (tertiary/aromatic N) is 3. The van der Waals surface area contributed by atoms with Gasteiger partial charge in [-0.15, -0.1) is 0 Å². The number of hydrogen-bond acceptors (Lipinski definition) is 4. The van der Waals surface area contributed by atoms with Gasteiger partial charge in [-0.2, -0.15) is 0 Å². The van der Waals surface area contributed by atoms with Gasteiger partial charge in [-0.1, -0.05) is 30.3 Å². The number of piperazine rings is 1. The Balaban J connectivity index is 1.13. The highest BCUT2D eigenvalue weighted by Gasteiger charge is 2.25. The molecule has 29 heavy (non-hydrogen) atoms. The van der Waals surface area contributed by atoms with E-state index in [0.29, 0.717) is 12.8 Å². The third-order valence-electron chi connectivity index (χ3n) is 6.36. The van der Waals surface area contributed by atoms with Crippen molar-refractivity contribution in [2.45, 2.75) is 32.2 Å². The Hall–Kier alpha value is -2.11. The summed E-state index contributed by atoms with van der Waals surface area (Å²) in [6, 6.07) is 14.6. The van der Waals surface area contributed by atoms with E-state index < -0.39 is 0 Å². The second-order valence-electron chi connectivity index (χ2n) is 8.47. The molecule has 2 fully saturated rings. The van der Waals surface area contributed by atoms with Crippen LogP contribution in [0.2, 0.25) is 0 Å². The molecule has 0 unspecified atom stereocenters. The molecule has 0 radical (unpaired) electrons. The maximum absolute atomic E-state index is 12.4. The minimum atomic E-state index is 0.273. The number of furan rings is 1. The van der Waals surface area contributed by atoms with Crippen LogP contribution in [0.3, 0.4) is 0 Å². The molecule has 2 aromatic rings. The topological polar surface area (TPSA) is 39.9 Å². The van der Waals surface area contributed by atoms with Gasteiger partial charge < -0.3 is 14.2 Å². The molecule has 0 aliphatic carbocycles. The zero-order valence-corrected chi connectivity index (χ0v) is 17.3. The molecular weight excluding hydrogens is 362 g/mol. The lowest BCUT2D eigenvalue weighted by atomic mass is 9.95. The van der Waals surface area contributed by atoms with Crippen LogP contribution in [-0.4, -0.2) is 66.4 Å². The Morgan fingerprint density at radius 2 is 1.62 bits per heavy atom. The fourth-order valence-electron chi connectivity index (χ4n) is 4.54. The summed E-state index contributed by atoms with van der Waals surface area (Å²) >= 11 is 0. The van der Waals surface area contributed by atoms with Gasteiger partial charge >= 0.3 is 0 Å². The number of benzene rings is 1. The lowest BCUT2D eigenvalue weighted by Gasteiger charge is -2.39. The van der Waals surface area contributed by atoms with Crippen LogP contribution in [0.4, 0.5) is 0 Å². The fourth-order valence-corrected chi connectivity index (χ4v) is 4.54. The fraction of sp³-hybridized carbons (Fsp3) is 0.542. The Morgan fingerprint density at radius 1 is 0.897 bits per heavy atom. The zero-order valence-electron chi connectivity index (χ0n) is 17.3. The SMILES string of the molecule is O=C(CCc1ccco1)N1CCC(CN2CCN(Cc3ccccc3)CC2)CC1. The summed E-state index contributed by atoms with van der Waals surface area (Å²) in [5.41, 5.74) is 1.41. The summed E-state index contributed by atoms with van der Waals surface area (Å²) in [6.07, 6.45) is 5.21. The van der Waals surface area contributed by atoms with Gasteiger partial charge in [0.2, 0.25) is 5.91 Å². The molecule has 0 saturated carbocycles. The molecule has 0 bridgehead atoms. The number of amides is 1. The van der Waals surface area contributed by atoms with E-state index in [9.17, 15) is 4.79 Å². The van der Waals surface area contributed by atoms with Gasteiger partial charge in [-0.05, 0) is 36.5 Å². The van der Waals surface area contributed by atoms with Crippen LogP contribution in [0.1, 0.15) is 30.6 Å². The second-order valence-corrected chi connectivity index (χ2v) is 8.47. The average molecular weight is 396 g/mol. The second kappa shape index (κ2) is 10.1. The number of carbonyl (C=O) groups excluding carboxylic acids is 1. The van der Waals surface area contributed by atoms with E-state index in [4.69, 9.17) is 4.42 Å². The van der Waals surface area contributed by atoms with Crippen LogP contribution in [0, 0.1) is 5.92 Å². The first-order valence-electron chi connectivity index (χ1n) is 11.0. The third kappa shape index (κ3) is 5.94. The van der Waals surface area contributed by atoms with E-state index in [0.717, 1.165) is 70.3 Å². The molecule has 2 saturated heterocycles. The van der Waals surface area contributed by atoms with Crippen molar-refractivity contribution in [3.63, 3.8) is 0 Å². The van der Waals surface area contributed by atoms with Crippen molar-refractivity contribution in [2.75, 3.05) is 45.8 Å². The molecule has 3 heterocycles. The quantitative estimate of drug-likeness (QED) is 0.721. The number of likely N-dealkylation sites (tertiary alicyclic amines) is 1. The smallest absolute Gasteiger partial charge is 0.223 e. The van der Waals surface area contributed by atoms with Gasteiger partial charge in [-0.25, -0.2) is 0 Å². The van der Waals surface area contributed by atoms with Gasteiger partial charge in [0, 0.05) is 65.2 Å². The van der Waals surface area contributed by atoms with Crippen molar-refractivity contribution in [3.8, 4) is 0 Å². The molecule has 2 aliphatic rings. The Kier molecular flexibility index (Phi) is 7.01. The molecular formula is C24H33N3O2. The standard InChI is InChI=1S/C24H33N3O2/c28-24(9-8-23-7-4-18-29-23)27-12-10-22(11-13-27)20-26-16-14-25(15-17-26)19-21-5-2-1-3-6-21/h1-7,18,22H,8-17,19-20H2. The summed E-state index contributed by atoms with van der Waals surface area (Å²) in [5, 5.41) is 0.